The molecule has 2 rings (SSSR count). The van der Waals surface area contributed by atoms with Crippen molar-refractivity contribution < 1.29 is 9.84 Å². The Hall–Kier alpha value is -1.52. The van der Waals surface area contributed by atoms with E-state index in [1.807, 2.05) is 30.5 Å². The second-order valence-electron chi connectivity index (χ2n) is 6.66. The van der Waals surface area contributed by atoms with Crippen LogP contribution in [0.1, 0.15) is 27.7 Å². The first kappa shape index (κ1) is 15.9. The molecule has 21 heavy (non-hydrogen) atoms. The van der Waals surface area contributed by atoms with Gasteiger partial charge in [-0.15, -0.1) is 0 Å². The number of aromatic nitrogens is 1. The van der Waals surface area contributed by atoms with Crippen molar-refractivity contribution in [3.05, 3.63) is 30.5 Å². The van der Waals surface area contributed by atoms with Crippen LogP contribution >= 0.6 is 0 Å². The molecule has 0 saturated heterocycles. The molecule has 1 aromatic carbocycles. The summed E-state index contributed by atoms with van der Waals surface area (Å²) in [6.45, 7) is 9.49. The molecule has 116 valence electrons. The molecular weight excluding hydrogens is 264 g/mol. The Labute approximate surface area is 126 Å². The smallest absolute Gasteiger partial charge is 0.128 e. The average molecular weight is 290 g/mol. The molecule has 0 radical (unpaired) electrons. The van der Waals surface area contributed by atoms with Crippen LogP contribution < -0.4 is 10.1 Å². The SMILES string of the molecule is CC(NCC(O)COc1cccc2[nH]ccc12)C(C)(C)C. The molecule has 0 saturated carbocycles. The van der Waals surface area contributed by atoms with Gasteiger partial charge >= 0.3 is 0 Å². The number of nitrogens with one attached hydrogen (secondary N) is 2. The van der Waals surface area contributed by atoms with E-state index in [1.54, 1.807) is 0 Å². The zero-order valence-corrected chi connectivity index (χ0v) is 13.3. The maximum absolute atomic E-state index is 10.1. The molecule has 0 aliphatic rings. The second-order valence-corrected chi connectivity index (χ2v) is 6.66. The fourth-order valence-corrected chi connectivity index (χ4v) is 2.05. The van der Waals surface area contributed by atoms with Crippen LogP contribution in [0.15, 0.2) is 30.5 Å². The number of aromatic amines is 1. The van der Waals surface area contributed by atoms with Crippen molar-refractivity contribution in [3.8, 4) is 5.75 Å². The van der Waals surface area contributed by atoms with Gasteiger partial charge in [-0.25, -0.2) is 0 Å². The van der Waals surface area contributed by atoms with Crippen molar-refractivity contribution in [1.29, 1.82) is 0 Å². The van der Waals surface area contributed by atoms with Crippen LogP contribution in [0.4, 0.5) is 0 Å². The molecule has 0 aliphatic carbocycles. The van der Waals surface area contributed by atoms with E-state index in [2.05, 4.69) is 38.0 Å². The Morgan fingerprint density at radius 3 is 2.76 bits per heavy atom. The predicted octanol–water partition coefficient (Wildman–Crippen LogP) is 2.93. The summed E-state index contributed by atoms with van der Waals surface area (Å²) < 4.78 is 5.75. The van der Waals surface area contributed by atoms with Crippen LogP contribution in [0.2, 0.25) is 0 Å². The first-order valence-corrected chi connectivity index (χ1v) is 7.48. The van der Waals surface area contributed by atoms with Crippen molar-refractivity contribution >= 4 is 10.9 Å². The van der Waals surface area contributed by atoms with Crippen molar-refractivity contribution in [2.45, 2.75) is 39.8 Å². The Balaban J connectivity index is 1.84. The summed E-state index contributed by atoms with van der Waals surface area (Å²) in [6.07, 6.45) is 1.37. The lowest BCUT2D eigenvalue weighted by molar-refractivity contribution is 0.0993. The van der Waals surface area contributed by atoms with E-state index in [-0.39, 0.29) is 12.0 Å². The van der Waals surface area contributed by atoms with Crippen LogP contribution in [-0.4, -0.2) is 35.4 Å². The molecule has 0 fully saturated rings. The lowest BCUT2D eigenvalue weighted by Gasteiger charge is -2.29. The molecule has 4 heteroatoms. The normalized spacial score (nSPS) is 15.1. The van der Waals surface area contributed by atoms with E-state index >= 15 is 0 Å². The van der Waals surface area contributed by atoms with Crippen LogP contribution in [-0.2, 0) is 0 Å². The minimum Gasteiger partial charge on any atom is -0.490 e. The summed E-state index contributed by atoms with van der Waals surface area (Å²) in [7, 11) is 0. The first-order valence-electron chi connectivity index (χ1n) is 7.48. The monoisotopic (exact) mass is 290 g/mol. The van der Waals surface area contributed by atoms with Gasteiger partial charge in [0.15, 0.2) is 0 Å². The number of fused-ring (bicyclic) bond motifs is 1. The molecule has 1 heterocycles. The summed E-state index contributed by atoms with van der Waals surface area (Å²) in [6, 6.07) is 8.19. The standard InChI is InChI=1S/C17H26N2O2/c1-12(17(2,3)4)19-10-13(20)11-21-16-7-5-6-15-14(16)8-9-18-15/h5-9,12-13,18-20H,10-11H2,1-4H3. The zero-order chi connectivity index (χ0) is 15.5. The van der Waals surface area contributed by atoms with Gasteiger partial charge in [-0.2, -0.15) is 0 Å². The van der Waals surface area contributed by atoms with Crippen molar-refractivity contribution in [3.63, 3.8) is 0 Å². The largest absolute Gasteiger partial charge is 0.490 e. The van der Waals surface area contributed by atoms with E-state index in [4.69, 9.17) is 4.74 Å². The zero-order valence-electron chi connectivity index (χ0n) is 13.3. The average Bonchev–Trinajstić information content (AvgIpc) is 2.90. The topological polar surface area (TPSA) is 57.3 Å². The van der Waals surface area contributed by atoms with E-state index in [1.165, 1.54) is 0 Å². The van der Waals surface area contributed by atoms with Crippen molar-refractivity contribution in [1.82, 2.24) is 10.3 Å². The highest BCUT2D eigenvalue weighted by atomic mass is 16.5. The van der Waals surface area contributed by atoms with Gasteiger partial charge in [-0.05, 0) is 30.5 Å². The third-order valence-electron chi connectivity index (χ3n) is 3.94. The quantitative estimate of drug-likeness (QED) is 0.766. The number of hydrogen-bond acceptors (Lipinski definition) is 3. The molecule has 0 aliphatic heterocycles. The number of H-pyrrole nitrogens is 1. The Morgan fingerprint density at radius 2 is 2.05 bits per heavy atom. The molecule has 2 atom stereocenters. The Morgan fingerprint density at radius 1 is 1.29 bits per heavy atom. The van der Waals surface area contributed by atoms with Crippen LogP contribution in [0.5, 0.6) is 5.75 Å². The molecule has 4 nitrogen and oxygen atoms in total. The summed E-state index contributed by atoms with van der Waals surface area (Å²) in [5, 5.41) is 14.4. The number of hydrogen-bond donors (Lipinski definition) is 3. The molecule has 3 N–H and O–H groups in total. The van der Waals surface area contributed by atoms with Crippen molar-refractivity contribution in [2.24, 2.45) is 5.41 Å². The van der Waals surface area contributed by atoms with E-state index in [0.717, 1.165) is 16.7 Å². The van der Waals surface area contributed by atoms with Gasteiger partial charge in [0.25, 0.3) is 0 Å². The lowest BCUT2D eigenvalue weighted by atomic mass is 9.88. The van der Waals surface area contributed by atoms with E-state index in [9.17, 15) is 5.11 Å². The van der Waals surface area contributed by atoms with E-state index < -0.39 is 6.10 Å². The van der Waals surface area contributed by atoms with Gasteiger partial charge in [0.2, 0.25) is 0 Å². The van der Waals surface area contributed by atoms with Gasteiger partial charge in [-0.3, -0.25) is 0 Å². The van der Waals surface area contributed by atoms with Gasteiger partial charge in [0.05, 0.1) is 0 Å². The summed E-state index contributed by atoms with van der Waals surface area (Å²) >= 11 is 0. The van der Waals surface area contributed by atoms with Crippen molar-refractivity contribution in [2.75, 3.05) is 13.2 Å². The molecule has 0 spiro atoms. The summed E-state index contributed by atoms with van der Waals surface area (Å²) in [4.78, 5) is 3.15. The van der Waals surface area contributed by atoms with Gasteiger partial charge in [0.1, 0.15) is 18.5 Å². The Kier molecular flexibility index (Phi) is 4.91. The molecule has 0 bridgehead atoms. The maximum Gasteiger partial charge on any atom is 0.128 e. The highest BCUT2D eigenvalue weighted by Crippen LogP contribution is 2.24. The summed E-state index contributed by atoms with van der Waals surface area (Å²) in [5.74, 6) is 0.802. The number of ether oxygens (including phenoxy) is 1. The third-order valence-corrected chi connectivity index (χ3v) is 3.94. The minimum absolute atomic E-state index is 0.178. The van der Waals surface area contributed by atoms with Crippen LogP contribution in [0, 0.1) is 5.41 Å². The van der Waals surface area contributed by atoms with Gasteiger partial charge in [0, 0.05) is 29.7 Å². The molecule has 2 aromatic rings. The van der Waals surface area contributed by atoms with Gasteiger partial charge < -0.3 is 20.1 Å². The number of aliphatic hydroxyl groups excluding tert-OH is 1. The molecule has 0 amide bonds. The summed E-state index contributed by atoms with van der Waals surface area (Å²) in [5.41, 5.74) is 1.22. The maximum atomic E-state index is 10.1. The number of benzene rings is 1. The predicted molar refractivity (Wildman–Crippen MR) is 86.7 cm³/mol. The molecule has 2 unspecified atom stereocenters. The highest BCUT2D eigenvalue weighted by molar-refractivity contribution is 5.85. The molecule has 1 aromatic heterocycles. The fraction of sp³-hybridized carbons (Fsp3) is 0.529. The van der Waals surface area contributed by atoms with E-state index in [0.29, 0.717) is 12.6 Å². The number of rotatable bonds is 6. The first-order chi connectivity index (χ1) is 9.88. The fourth-order valence-electron chi connectivity index (χ4n) is 2.05. The minimum atomic E-state index is -0.524. The van der Waals surface area contributed by atoms with Crippen LogP contribution in [0.25, 0.3) is 10.9 Å². The molecular formula is C17H26N2O2. The van der Waals surface area contributed by atoms with Gasteiger partial charge in [-0.1, -0.05) is 26.8 Å². The van der Waals surface area contributed by atoms with Crippen LogP contribution in [0.3, 0.4) is 0 Å². The lowest BCUT2D eigenvalue weighted by Crippen LogP contribution is -2.42. The second kappa shape index (κ2) is 6.50. The highest BCUT2D eigenvalue weighted by Gasteiger charge is 2.20. The third kappa shape index (κ3) is 4.22. The Bertz CT molecular complexity index is 571. The number of aliphatic hydroxyl groups is 1.